The number of aliphatic carboxylic acids is 1. The van der Waals surface area contributed by atoms with Gasteiger partial charge in [0.25, 0.3) is 0 Å². The molecule has 0 saturated carbocycles. The molecule has 5 nitrogen and oxygen atoms in total. The molecule has 0 aliphatic heterocycles. The first kappa shape index (κ1) is 20.9. The van der Waals surface area contributed by atoms with E-state index < -0.39 is 5.97 Å². The van der Waals surface area contributed by atoms with Crippen LogP contribution in [0.5, 0.6) is 0 Å². The minimum Gasteiger partial charge on any atom is -0.545 e. The molecule has 0 amide bonds. The summed E-state index contributed by atoms with van der Waals surface area (Å²) >= 11 is 0. The van der Waals surface area contributed by atoms with Crippen molar-refractivity contribution < 1.29 is 19.4 Å². The van der Waals surface area contributed by atoms with Gasteiger partial charge in [-0.05, 0) is 67.0 Å². The van der Waals surface area contributed by atoms with Crippen molar-refractivity contribution in [3.05, 3.63) is 89.6 Å². The Morgan fingerprint density at radius 3 is 2.10 bits per heavy atom. The van der Waals surface area contributed by atoms with Gasteiger partial charge in [0, 0.05) is 17.5 Å². The van der Waals surface area contributed by atoms with Crippen LogP contribution in [0.4, 0.5) is 0 Å². The number of carboxylic acid groups (broad SMARTS) is 1. The van der Waals surface area contributed by atoms with Gasteiger partial charge in [0.15, 0.2) is 0 Å². The van der Waals surface area contributed by atoms with Crippen LogP contribution in [-0.4, -0.2) is 23.1 Å². The zero-order chi connectivity index (χ0) is 21.5. The molecule has 0 bridgehead atoms. The number of carboxylic acids is 1. The summed E-state index contributed by atoms with van der Waals surface area (Å²) in [5, 5.41) is 10.6. The second-order valence-electron chi connectivity index (χ2n) is 6.65. The lowest BCUT2D eigenvalue weighted by Gasteiger charge is -2.13. The van der Waals surface area contributed by atoms with Crippen LogP contribution in [-0.2, 0) is 14.3 Å². The molecule has 0 N–H and O–H groups in total. The van der Waals surface area contributed by atoms with Crippen molar-refractivity contribution in [3.8, 4) is 16.9 Å². The summed E-state index contributed by atoms with van der Waals surface area (Å²) in [7, 11) is 0. The number of carbonyl (C=O) groups is 2. The molecule has 0 spiro atoms. The van der Waals surface area contributed by atoms with Gasteiger partial charge in [-0.25, -0.2) is 4.79 Å². The average molecular weight is 400 g/mol. The van der Waals surface area contributed by atoms with Crippen molar-refractivity contribution in [1.82, 2.24) is 4.57 Å². The maximum Gasteiger partial charge on any atom is 0.330 e. The quantitative estimate of drug-likeness (QED) is 0.447. The largest absolute Gasteiger partial charge is 0.545 e. The highest BCUT2D eigenvalue weighted by molar-refractivity contribution is 5.87. The molecule has 0 fully saturated rings. The molecule has 152 valence electrons. The van der Waals surface area contributed by atoms with Crippen LogP contribution in [0.15, 0.2) is 72.8 Å². The van der Waals surface area contributed by atoms with Gasteiger partial charge in [0.05, 0.1) is 18.3 Å². The average Bonchev–Trinajstić information content (AvgIpc) is 3.13. The van der Waals surface area contributed by atoms with Crippen LogP contribution < -0.4 is 5.11 Å². The highest BCUT2D eigenvalue weighted by Gasteiger charge is 2.09. The van der Waals surface area contributed by atoms with Crippen LogP contribution >= 0.6 is 0 Å². The number of nitrogens with zero attached hydrogens (tertiary/aromatic N) is 1. The third-order valence-electron chi connectivity index (χ3n) is 4.54. The number of rotatable bonds is 7. The summed E-state index contributed by atoms with van der Waals surface area (Å²) in [6, 6.07) is 19.6. The predicted molar refractivity (Wildman–Crippen MR) is 116 cm³/mol. The van der Waals surface area contributed by atoms with Gasteiger partial charge in [-0.15, -0.1) is 0 Å². The van der Waals surface area contributed by atoms with Crippen molar-refractivity contribution in [2.75, 3.05) is 6.61 Å². The maximum atomic E-state index is 11.5. The molecule has 3 aromatic rings. The molecule has 1 aromatic heterocycles. The topological polar surface area (TPSA) is 71.4 Å². The van der Waals surface area contributed by atoms with Crippen LogP contribution in [0, 0.1) is 6.92 Å². The van der Waals surface area contributed by atoms with E-state index in [9.17, 15) is 14.7 Å². The van der Waals surface area contributed by atoms with E-state index >= 15 is 0 Å². The lowest BCUT2D eigenvalue weighted by molar-refractivity contribution is -0.297. The van der Waals surface area contributed by atoms with Gasteiger partial charge < -0.3 is 19.2 Å². The van der Waals surface area contributed by atoms with Crippen molar-refractivity contribution >= 4 is 24.1 Å². The monoisotopic (exact) mass is 400 g/mol. The van der Waals surface area contributed by atoms with E-state index in [1.54, 1.807) is 13.0 Å². The summed E-state index contributed by atoms with van der Waals surface area (Å²) in [6.45, 7) is 4.16. The van der Waals surface area contributed by atoms with Crippen molar-refractivity contribution in [2.24, 2.45) is 0 Å². The molecule has 0 saturated heterocycles. The fourth-order valence-corrected chi connectivity index (χ4v) is 3.13. The zero-order valence-electron chi connectivity index (χ0n) is 16.9. The van der Waals surface area contributed by atoms with E-state index in [2.05, 4.69) is 10.6 Å². The normalized spacial score (nSPS) is 11.3. The van der Waals surface area contributed by atoms with Gasteiger partial charge >= 0.3 is 5.97 Å². The number of hydrogen-bond donors (Lipinski definition) is 0. The van der Waals surface area contributed by atoms with Crippen LogP contribution in [0.3, 0.4) is 0 Å². The van der Waals surface area contributed by atoms with E-state index in [0.29, 0.717) is 6.61 Å². The number of hydrogen-bond acceptors (Lipinski definition) is 4. The van der Waals surface area contributed by atoms with Crippen LogP contribution in [0.2, 0.25) is 0 Å². The Hall–Kier alpha value is -3.86. The molecular formula is C25H22NO4-. The van der Waals surface area contributed by atoms with Crippen molar-refractivity contribution in [3.63, 3.8) is 0 Å². The molecule has 1 heterocycles. The predicted octanol–water partition coefficient (Wildman–Crippen LogP) is 3.79. The molecule has 0 aliphatic carbocycles. The summed E-state index contributed by atoms with van der Waals surface area (Å²) in [5.41, 5.74) is 5.82. The number of ether oxygens (including phenoxy) is 1. The Labute approximate surface area is 175 Å². The molecule has 3 rings (SSSR count). The molecular weight excluding hydrogens is 378 g/mol. The zero-order valence-corrected chi connectivity index (χ0v) is 16.9. The molecule has 5 heteroatoms. The third-order valence-corrected chi connectivity index (χ3v) is 4.54. The lowest BCUT2D eigenvalue weighted by atomic mass is 10.1. The van der Waals surface area contributed by atoms with Crippen LogP contribution in [0.1, 0.15) is 23.7 Å². The highest BCUT2D eigenvalue weighted by atomic mass is 16.5. The first-order chi connectivity index (χ1) is 14.5. The number of aryl methyl sites for hydroxylation is 1. The van der Waals surface area contributed by atoms with Crippen molar-refractivity contribution in [2.45, 2.75) is 13.8 Å². The smallest absolute Gasteiger partial charge is 0.330 e. The number of benzene rings is 2. The van der Waals surface area contributed by atoms with E-state index in [0.717, 1.165) is 39.8 Å². The second kappa shape index (κ2) is 9.56. The number of carbonyl (C=O) groups excluding carboxylic acids is 2. The van der Waals surface area contributed by atoms with E-state index in [1.807, 2.05) is 61.5 Å². The van der Waals surface area contributed by atoms with Crippen LogP contribution in [0.25, 0.3) is 29.1 Å². The third kappa shape index (κ3) is 5.14. The summed E-state index contributed by atoms with van der Waals surface area (Å²) in [5.74, 6) is -1.58. The first-order valence-electron chi connectivity index (χ1n) is 9.61. The van der Waals surface area contributed by atoms with Crippen molar-refractivity contribution in [1.29, 1.82) is 0 Å². The molecule has 0 atom stereocenters. The standard InChI is InChI=1S/C25H23NO4/c1-3-30-25(29)17-10-20-7-13-22(14-8-20)26-18(2)4-15-23(26)21-11-5-19(6-12-21)9-16-24(27)28/h4-17H,3H2,1-2H3,(H,27,28)/p-1/b16-9+,17-10+. The minimum atomic E-state index is -1.22. The molecule has 0 unspecified atom stereocenters. The Morgan fingerprint density at radius 2 is 1.50 bits per heavy atom. The fourth-order valence-electron chi connectivity index (χ4n) is 3.13. The summed E-state index contributed by atoms with van der Waals surface area (Å²) < 4.78 is 7.04. The SMILES string of the molecule is CCOC(=O)/C=C/c1ccc(-n2c(C)ccc2-c2ccc(/C=C/C(=O)[O-])cc2)cc1. The minimum absolute atomic E-state index is 0.353. The van der Waals surface area contributed by atoms with Gasteiger partial charge in [0.1, 0.15) is 0 Å². The Bertz CT molecular complexity index is 1090. The molecule has 0 aliphatic rings. The Kier molecular flexibility index (Phi) is 6.65. The van der Waals surface area contributed by atoms with E-state index in [4.69, 9.17) is 4.74 Å². The maximum absolute atomic E-state index is 11.5. The summed E-state index contributed by atoms with van der Waals surface area (Å²) in [4.78, 5) is 22.0. The van der Waals surface area contributed by atoms with Gasteiger partial charge in [0.2, 0.25) is 0 Å². The molecule has 2 aromatic carbocycles. The number of esters is 1. The van der Waals surface area contributed by atoms with E-state index in [-0.39, 0.29) is 5.97 Å². The highest BCUT2D eigenvalue weighted by Crippen LogP contribution is 2.27. The van der Waals surface area contributed by atoms with Gasteiger partial charge in [-0.1, -0.05) is 42.5 Å². The summed E-state index contributed by atoms with van der Waals surface area (Å²) in [6.07, 6.45) is 5.66. The van der Waals surface area contributed by atoms with Gasteiger partial charge in [-0.2, -0.15) is 0 Å². The van der Waals surface area contributed by atoms with Gasteiger partial charge in [-0.3, -0.25) is 0 Å². The molecule has 0 radical (unpaired) electrons. The number of aromatic nitrogens is 1. The first-order valence-corrected chi connectivity index (χ1v) is 9.61. The fraction of sp³-hybridized carbons (Fsp3) is 0.120. The lowest BCUT2D eigenvalue weighted by Crippen LogP contribution is -2.18. The molecule has 30 heavy (non-hydrogen) atoms. The Balaban J connectivity index is 1.85. The van der Waals surface area contributed by atoms with E-state index in [1.165, 1.54) is 12.2 Å². The second-order valence-corrected chi connectivity index (χ2v) is 6.65. The Morgan fingerprint density at radius 1 is 0.900 bits per heavy atom.